The molecule has 0 saturated carbocycles. The number of ether oxygens (including phenoxy) is 1. The van der Waals surface area contributed by atoms with Crippen molar-refractivity contribution in [3.8, 4) is 0 Å². The minimum atomic E-state index is 0.464. The lowest BCUT2D eigenvalue weighted by Crippen LogP contribution is -2.47. The zero-order valence-corrected chi connectivity index (χ0v) is 9.34. The molecule has 78 valence electrons. The number of nitrogens with one attached hydrogen (secondary N) is 1. The molecule has 1 aliphatic rings. The van der Waals surface area contributed by atoms with E-state index < -0.39 is 0 Å². The molecular formula is C11H23NO. The summed E-state index contributed by atoms with van der Waals surface area (Å²) in [5, 5.41) is 3.54. The highest BCUT2D eigenvalue weighted by Gasteiger charge is 2.27. The molecule has 0 aliphatic carbocycles. The van der Waals surface area contributed by atoms with Gasteiger partial charge in [0.2, 0.25) is 0 Å². The molecule has 13 heavy (non-hydrogen) atoms. The van der Waals surface area contributed by atoms with Gasteiger partial charge in [-0.25, -0.2) is 0 Å². The summed E-state index contributed by atoms with van der Waals surface area (Å²) in [5.74, 6) is 1.51. The van der Waals surface area contributed by atoms with Crippen LogP contribution in [-0.4, -0.2) is 25.3 Å². The van der Waals surface area contributed by atoms with Crippen molar-refractivity contribution >= 4 is 0 Å². The van der Waals surface area contributed by atoms with E-state index in [2.05, 4.69) is 33.0 Å². The molecule has 0 radical (unpaired) electrons. The first kappa shape index (κ1) is 11.0. The van der Waals surface area contributed by atoms with E-state index in [1.165, 1.54) is 6.42 Å². The Morgan fingerprint density at radius 3 is 2.54 bits per heavy atom. The van der Waals surface area contributed by atoms with Crippen LogP contribution in [0.25, 0.3) is 0 Å². The lowest BCUT2D eigenvalue weighted by atomic mass is 9.98. The van der Waals surface area contributed by atoms with Gasteiger partial charge in [-0.2, -0.15) is 0 Å². The van der Waals surface area contributed by atoms with Crippen LogP contribution >= 0.6 is 0 Å². The van der Waals surface area contributed by atoms with E-state index in [4.69, 9.17) is 4.74 Å². The molecule has 2 nitrogen and oxygen atoms in total. The first-order valence-electron chi connectivity index (χ1n) is 5.50. The first-order chi connectivity index (χ1) is 6.15. The van der Waals surface area contributed by atoms with Gasteiger partial charge in [-0.3, -0.25) is 0 Å². The van der Waals surface area contributed by atoms with Crippen LogP contribution < -0.4 is 5.32 Å². The van der Waals surface area contributed by atoms with Crippen molar-refractivity contribution in [2.75, 3.05) is 13.2 Å². The molecule has 1 saturated heterocycles. The van der Waals surface area contributed by atoms with Crippen molar-refractivity contribution in [1.29, 1.82) is 0 Å². The molecule has 1 fully saturated rings. The Morgan fingerprint density at radius 2 is 2.15 bits per heavy atom. The van der Waals surface area contributed by atoms with Crippen LogP contribution in [0.15, 0.2) is 0 Å². The average molecular weight is 185 g/mol. The largest absolute Gasteiger partial charge is 0.376 e. The lowest BCUT2D eigenvalue weighted by molar-refractivity contribution is -0.104. The lowest BCUT2D eigenvalue weighted by Gasteiger charge is -2.35. The summed E-state index contributed by atoms with van der Waals surface area (Å²) >= 11 is 0. The Balaban J connectivity index is 2.11. The van der Waals surface area contributed by atoms with E-state index >= 15 is 0 Å². The summed E-state index contributed by atoms with van der Waals surface area (Å²) in [4.78, 5) is 0. The Morgan fingerprint density at radius 1 is 1.46 bits per heavy atom. The van der Waals surface area contributed by atoms with Crippen LogP contribution in [-0.2, 0) is 4.74 Å². The van der Waals surface area contributed by atoms with Crippen molar-refractivity contribution in [2.24, 2.45) is 11.8 Å². The molecule has 1 aliphatic heterocycles. The molecule has 1 heterocycles. The van der Waals surface area contributed by atoms with Gasteiger partial charge in [0.15, 0.2) is 0 Å². The van der Waals surface area contributed by atoms with E-state index in [1.54, 1.807) is 0 Å². The molecule has 0 aromatic rings. The zero-order valence-electron chi connectivity index (χ0n) is 9.34. The predicted molar refractivity (Wildman–Crippen MR) is 55.8 cm³/mol. The Hall–Kier alpha value is -0.0800. The highest BCUT2D eigenvalue weighted by Crippen LogP contribution is 2.18. The Bertz CT molecular complexity index is 149. The summed E-state index contributed by atoms with van der Waals surface area (Å²) < 4.78 is 5.44. The molecule has 0 bridgehead atoms. The number of hydrogen-bond donors (Lipinski definition) is 1. The summed E-state index contributed by atoms with van der Waals surface area (Å²) in [6.45, 7) is 11.0. The maximum absolute atomic E-state index is 5.44. The molecular weight excluding hydrogens is 162 g/mol. The van der Waals surface area contributed by atoms with Crippen LogP contribution in [0.3, 0.4) is 0 Å². The quantitative estimate of drug-likeness (QED) is 0.708. The van der Waals surface area contributed by atoms with Gasteiger partial charge in [0.25, 0.3) is 0 Å². The smallest absolute Gasteiger partial charge is 0.0747 e. The predicted octanol–water partition coefficient (Wildman–Crippen LogP) is 2.05. The van der Waals surface area contributed by atoms with E-state index in [-0.39, 0.29) is 0 Å². The number of hydrogen-bond acceptors (Lipinski definition) is 2. The van der Waals surface area contributed by atoms with Gasteiger partial charge in [0, 0.05) is 18.5 Å². The van der Waals surface area contributed by atoms with Crippen LogP contribution in [0, 0.1) is 11.8 Å². The van der Waals surface area contributed by atoms with Gasteiger partial charge in [0.1, 0.15) is 0 Å². The monoisotopic (exact) mass is 185 g/mol. The van der Waals surface area contributed by atoms with Crippen LogP contribution in [0.1, 0.15) is 34.1 Å². The zero-order chi connectivity index (χ0) is 9.84. The highest BCUT2D eigenvalue weighted by atomic mass is 16.5. The average Bonchev–Trinajstić information content (AvgIpc) is 2.14. The highest BCUT2D eigenvalue weighted by molar-refractivity contribution is 4.79. The fourth-order valence-electron chi connectivity index (χ4n) is 1.54. The summed E-state index contributed by atoms with van der Waals surface area (Å²) in [6.07, 6.45) is 1.71. The van der Waals surface area contributed by atoms with Gasteiger partial charge in [-0.15, -0.1) is 0 Å². The maximum atomic E-state index is 5.44. The van der Waals surface area contributed by atoms with Gasteiger partial charge in [-0.05, 0) is 12.8 Å². The summed E-state index contributed by atoms with van der Waals surface area (Å²) in [7, 11) is 0. The van der Waals surface area contributed by atoms with Gasteiger partial charge >= 0.3 is 0 Å². The van der Waals surface area contributed by atoms with E-state index in [1.807, 2.05) is 0 Å². The summed E-state index contributed by atoms with van der Waals surface area (Å²) in [6, 6.07) is 0.612. The second-order valence-corrected chi connectivity index (χ2v) is 4.43. The second kappa shape index (κ2) is 4.97. The Kier molecular flexibility index (Phi) is 4.20. The molecule has 1 rings (SSSR count). The SMILES string of the molecule is CCC(C)C(C)NCC1OCC1C. The number of rotatable bonds is 5. The third kappa shape index (κ3) is 2.96. The topological polar surface area (TPSA) is 21.3 Å². The fraction of sp³-hybridized carbons (Fsp3) is 1.00. The van der Waals surface area contributed by atoms with Crippen LogP contribution in [0.4, 0.5) is 0 Å². The van der Waals surface area contributed by atoms with Crippen molar-refractivity contribution in [3.05, 3.63) is 0 Å². The summed E-state index contributed by atoms with van der Waals surface area (Å²) in [5.41, 5.74) is 0. The third-order valence-corrected chi connectivity index (χ3v) is 3.35. The van der Waals surface area contributed by atoms with Gasteiger partial charge in [-0.1, -0.05) is 27.2 Å². The van der Waals surface area contributed by atoms with E-state index in [0.29, 0.717) is 12.1 Å². The van der Waals surface area contributed by atoms with E-state index in [9.17, 15) is 0 Å². The van der Waals surface area contributed by atoms with Crippen LogP contribution in [0.5, 0.6) is 0 Å². The Labute approximate surface area is 82.0 Å². The normalized spacial score (nSPS) is 32.3. The molecule has 0 aromatic carbocycles. The van der Waals surface area contributed by atoms with Gasteiger partial charge in [0.05, 0.1) is 12.7 Å². The molecule has 1 N–H and O–H groups in total. The minimum absolute atomic E-state index is 0.464. The molecule has 0 amide bonds. The maximum Gasteiger partial charge on any atom is 0.0747 e. The molecule has 0 spiro atoms. The second-order valence-electron chi connectivity index (χ2n) is 4.43. The van der Waals surface area contributed by atoms with Crippen LogP contribution in [0.2, 0.25) is 0 Å². The fourth-order valence-corrected chi connectivity index (χ4v) is 1.54. The molecule has 0 aromatic heterocycles. The first-order valence-corrected chi connectivity index (χ1v) is 5.50. The molecule has 4 atom stereocenters. The van der Waals surface area contributed by atoms with Crippen molar-refractivity contribution in [3.63, 3.8) is 0 Å². The molecule has 2 heteroatoms. The van der Waals surface area contributed by atoms with Crippen molar-refractivity contribution in [1.82, 2.24) is 5.32 Å². The van der Waals surface area contributed by atoms with Crippen molar-refractivity contribution in [2.45, 2.75) is 46.3 Å². The molecule has 4 unspecified atom stereocenters. The minimum Gasteiger partial charge on any atom is -0.376 e. The van der Waals surface area contributed by atoms with Gasteiger partial charge < -0.3 is 10.1 Å². The van der Waals surface area contributed by atoms with Crippen molar-refractivity contribution < 1.29 is 4.74 Å². The third-order valence-electron chi connectivity index (χ3n) is 3.35. The van der Waals surface area contributed by atoms with E-state index in [0.717, 1.165) is 25.0 Å². The standard InChI is InChI=1S/C11H23NO/c1-5-8(2)10(4)12-6-11-9(3)7-13-11/h8-12H,5-7H2,1-4H3.